The third-order valence-corrected chi connectivity index (χ3v) is 3.37. The number of nitrogens with one attached hydrogen (secondary N) is 2. The van der Waals surface area contributed by atoms with Crippen molar-refractivity contribution in [2.75, 3.05) is 19.6 Å². The zero-order valence-corrected chi connectivity index (χ0v) is 12.0. The molecule has 0 saturated heterocycles. The third kappa shape index (κ3) is 3.39. The number of aliphatic imine (C=N–C) groups is 1. The van der Waals surface area contributed by atoms with E-state index < -0.39 is 0 Å². The van der Waals surface area contributed by atoms with Gasteiger partial charge in [0, 0.05) is 25.2 Å². The van der Waals surface area contributed by atoms with Crippen LogP contribution < -0.4 is 10.6 Å². The van der Waals surface area contributed by atoms with Crippen LogP contribution in [-0.4, -0.2) is 35.7 Å². The molecule has 2 N–H and O–H groups in total. The first kappa shape index (κ1) is 13.6. The molecule has 3 rings (SSSR count). The van der Waals surface area contributed by atoms with Gasteiger partial charge in [-0.1, -0.05) is 42.4 Å². The summed E-state index contributed by atoms with van der Waals surface area (Å²) in [6, 6.07) is 9.83. The zero-order valence-electron chi connectivity index (χ0n) is 12.0. The Hall–Kier alpha value is -2.37. The van der Waals surface area contributed by atoms with Crippen LogP contribution >= 0.6 is 0 Å². The molecule has 2 heterocycles. The molecule has 0 fully saturated rings. The summed E-state index contributed by atoms with van der Waals surface area (Å²) in [6.45, 7) is 4.61. The summed E-state index contributed by atoms with van der Waals surface area (Å²) in [5, 5.41) is 10.6. The van der Waals surface area contributed by atoms with Crippen molar-refractivity contribution in [2.45, 2.75) is 19.3 Å². The molecule has 21 heavy (non-hydrogen) atoms. The molecule has 110 valence electrons. The van der Waals surface area contributed by atoms with Crippen molar-refractivity contribution in [1.82, 2.24) is 20.8 Å². The van der Waals surface area contributed by atoms with Crippen molar-refractivity contribution in [3.05, 3.63) is 36.2 Å². The summed E-state index contributed by atoms with van der Waals surface area (Å²) in [6.07, 6.45) is 1.09. The van der Waals surface area contributed by atoms with E-state index in [-0.39, 0.29) is 5.92 Å². The van der Waals surface area contributed by atoms with Crippen LogP contribution in [0.3, 0.4) is 0 Å². The normalized spacial score (nSPS) is 16.0. The van der Waals surface area contributed by atoms with Gasteiger partial charge in [-0.15, -0.1) is 0 Å². The van der Waals surface area contributed by atoms with Gasteiger partial charge < -0.3 is 15.2 Å². The van der Waals surface area contributed by atoms with Crippen molar-refractivity contribution < 1.29 is 4.52 Å². The first-order chi connectivity index (χ1) is 10.3. The van der Waals surface area contributed by atoms with Gasteiger partial charge in [0.25, 0.3) is 0 Å². The van der Waals surface area contributed by atoms with Crippen molar-refractivity contribution in [3.8, 4) is 11.4 Å². The molecule has 1 aliphatic rings. The van der Waals surface area contributed by atoms with Gasteiger partial charge in [0.15, 0.2) is 5.96 Å². The molecular weight excluding hydrogens is 266 g/mol. The molecule has 6 nitrogen and oxygen atoms in total. The first-order valence-corrected chi connectivity index (χ1v) is 7.24. The van der Waals surface area contributed by atoms with Crippen LogP contribution in [-0.2, 0) is 0 Å². The predicted molar refractivity (Wildman–Crippen MR) is 81.1 cm³/mol. The van der Waals surface area contributed by atoms with Gasteiger partial charge in [-0.3, -0.25) is 4.99 Å². The second kappa shape index (κ2) is 6.39. The maximum atomic E-state index is 5.36. The van der Waals surface area contributed by atoms with Crippen LogP contribution in [0.15, 0.2) is 39.8 Å². The molecule has 0 saturated carbocycles. The molecule has 0 bridgehead atoms. The molecule has 0 amide bonds. The van der Waals surface area contributed by atoms with E-state index in [0.717, 1.165) is 31.0 Å². The van der Waals surface area contributed by atoms with Crippen LogP contribution in [0.25, 0.3) is 11.4 Å². The van der Waals surface area contributed by atoms with Crippen LogP contribution in [0.4, 0.5) is 0 Å². The molecule has 1 aromatic carbocycles. The van der Waals surface area contributed by atoms with Crippen LogP contribution in [0.5, 0.6) is 0 Å². The molecule has 1 aliphatic heterocycles. The molecule has 1 unspecified atom stereocenters. The molecule has 0 radical (unpaired) electrons. The smallest absolute Gasteiger partial charge is 0.231 e. The Labute approximate surface area is 123 Å². The lowest BCUT2D eigenvalue weighted by Gasteiger charge is -2.17. The molecule has 6 heteroatoms. The summed E-state index contributed by atoms with van der Waals surface area (Å²) in [5.41, 5.74) is 0.964. The predicted octanol–water partition coefficient (Wildman–Crippen LogP) is 1.78. The SMILES string of the molecule is CC(CNC1=NCCCN1)c1nc(-c2ccccc2)no1. The monoisotopic (exact) mass is 285 g/mol. The standard InChI is InChI=1S/C15H19N5O/c1-11(10-18-15-16-8-5-9-17-15)14-19-13(20-21-14)12-6-3-2-4-7-12/h2-4,6-7,11H,5,8-10H2,1H3,(H2,16,17,18). The quantitative estimate of drug-likeness (QED) is 0.895. The van der Waals surface area contributed by atoms with Gasteiger partial charge >= 0.3 is 0 Å². The van der Waals surface area contributed by atoms with E-state index in [1.165, 1.54) is 0 Å². The minimum Gasteiger partial charge on any atom is -0.356 e. The molecular formula is C15H19N5O. The van der Waals surface area contributed by atoms with Gasteiger partial charge in [0.05, 0.1) is 5.92 Å². The second-order valence-corrected chi connectivity index (χ2v) is 5.11. The maximum absolute atomic E-state index is 5.36. The number of aromatic nitrogens is 2. The van der Waals surface area contributed by atoms with Crippen molar-refractivity contribution in [3.63, 3.8) is 0 Å². The second-order valence-electron chi connectivity index (χ2n) is 5.11. The highest BCUT2D eigenvalue weighted by atomic mass is 16.5. The van der Waals surface area contributed by atoms with Gasteiger partial charge in [0.2, 0.25) is 11.7 Å². The Morgan fingerprint density at radius 3 is 2.95 bits per heavy atom. The van der Waals surface area contributed by atoms with E-state index in [2.05, 4.69) is 32.7 Å². The van der Waals surface area contributed by atoms with E-state index in [1.54, 1.807) is 0 Å². The zero-order chi connectivity index (χ0) is 14.5. The summed E-state index contributed by atoms with van der Waals surface area (Å²) in [4.78, 5) is 8.84. The average molecular weight is 285 g/mol. The summed E-state index contributed by atoms with van der Waals surface area (Å²) < 4.78 is 5.36. The fraction of sp³-hybridized carbons (Fsp3) is 0.400. The fourth-order valence-corrected chi connectivity index (χ4v) is 2.13. The lowest BCUT2D eigenvalue weighted by Crippen LogP contribution is -2.42. The highest BCUT2D eigenvalue weighted by molar-refractivity contribution is 5.80. The number of nitrogens with zero attached hydrogens (tertiary/aromatic N) is 3. The Kier molecular flexibility index (Phi) is 4.14. The van der Waals surface area contributed by atoms with E-state index in [0.29, 0.717) is 18.3 Å². The van der Waals surface area contributed by atoms with E-state index >= 15 is 0 Å². The Morgan fingerprint density at radius 2 is 2.19 bits per heavy atom. The van der Waals surface area contributed by atoms with Crippen LogP contribution in [0.2, 0.25) is 0 Å². The van der Waals surface area contributed by atoms with E-state index in [1.807, 2.05) is 30.3 Å². The Balaban J connectivity index is 1.61. The largest absolute Gasteiger partial charge is 0.356 e. The maximum Gasteiger partial charge on any atom is 0.231 e. The lowest BCUT2D eigenvalue weighted by atomic mass is 10.2. The average Bonchev–Trinajstić information content (AvgIpc) is 3.04. The molecule has 1 aromatic heterocycles. The topological polar surface area (TPSA) is 75.3 Å². The minimum atomic E-state index is 0.126. The summed E-state index contributed by atoms with van der Waals surface area (Å²) in [5.74, 6) is 2.25. The Morgan fingerprint density at radius 1 is 1.33 bits per heavy atom. The minimum absolute atomic E-state index is 0.126. The van der Waals surface area contributed by atoms with Crippen LogP contribution in [0.1, 0.15) is 25.2 Å². The van der Waals surface area contributed by atoms with E-state index in [4.69, 9.17) is 4.52 Å². The number of rotatable bonds is 4. The summed E-state index contributed by atoms with van der Waals surface area (Å²) >= 11 is 0. The van der Waals surface area contributed by atoms with Crippen molar-refractivity contribution >= 4 is 5.96 Å². The third-order valence-electron chi connectivity index (χ3n) is 3.37. The molecule has 0 spiro atoms. The van der Waals surface area contributed by atoms with E-state index in [9.17, 15) is 0 Å². The molecule has 0 aliphatic carbocycles. The van der Waals surface area contributed by atoms with Gasteiger partial charge in [-0.05, 0) is 6.42 Å². The summed E-state index contributed by atoms with van der Waals surface area (Å²) in [7, 11) is 0. The van der Waals surface area contributed by atoms with Gasteiger partial charge in [-0.25, -0.2) is 0 Å². The first-order valence-electron chi connectivity index (χ1n) is 7.24. The highest BCUT2D eigenvalue weighted by Gasteiger charge is 2.16. The highest BCUT2D eigenvalue weighted by Crippen LogP contribution is 2.18. The Bertz CT molecular complexity index is 608. The number of guanidine groups is 1. The number of benzene rings is 1. The number of hydrogen-bond acceptors (Lipinski definition) is 6. The van der Waals surface area contributed by atoms with Gasteiger partial charge in [-0.2, -0.15) is 4.98 Å². The lowest BCUT2D eigenvalue weighted by molar-refractivity contribution is 0.358. The van der Waals surface area contributed by atoms with Gasteiger partial charge in [0.1, 0.15) is 0 Å². The van der Waals surface area contributed by atoms with Crippen LogP contribution in [0, 0.1) is 0 Å². The van der Waals surface area contributed by atoms with Crippen molar-refractivity contribution in [2.24, 2.45) is 4.99 Å². The van der Waals surface area contributed by atoms with Crippen molar-refractivity contribution in [1.29, 1.82) is 0 Å². The number of hydrogen-bond donors (Lipinski definition) is 2. The molecule has 2 aromatic rings. The molecule has 1 atom stereocenters. The fourth-order valence-electron chi connectivity index (χ4n) is 2.13.